The van der Waals surface area contributed by atoms with Crippen molar-refractivity contribution in [2.24, 2.45) is 10.7 Å². The van der Waals surface area contributed by atoms with E-state index < -0.39 is 5.82 Å². The van der Waals surface area contributed by atoms with Crippen molar-refractivity contribution in [3.63, 3.8) is 0 Å². The third-order valence-electron chi connectivity index (χ3n) is 2.85. The maximum atomic E-state index is 13.9. The van der Waals surface area contributed by atoms with E-state index in [2.05, 4.69) is 4.99 Å². The van der Waals surface area contributed by atoms with E-state index in [1.165, 1.54) is 6.07 Å². The number of nitrogens with zero attached hydrogens (tertiary/aromatic N) is 1. The summed E-state index contributed by atoms with van der Waals surface area (Å²) in [6, 6.07) is 4.73. The van der Waals surface area contributed by atoms with Gasteiger partial charge in [-0.25, -0.2) is 4.39 Å². The van der Waals surface area contributed by atoms with Gasteiger partial charge >= 0.3 is 0 Å². The van der Waals surface area contributed by atoms with E-state index in [1.54, 1.807) is 23.9 Å². The molecule has 1 atom stereocenters. The molecule has 17 heavy (non-hydrogen) atoms. The Balaban J connectivity index is 2.37. The lowest BCUT2D eigenvalue weighted by molar-refractivity contribution is 0.593. The predicted molar refractivity (Wildman–Crippen MR) is 72.3 cm³/mol. The van der Waals surface area contributed by atoms with Crippen molar-refractivity contribution in [1.82, 2.24) is 0 Å². The lowest BCUT2D eigenvalue weighted by atomic mass is 10.1. The monoisotopic (exact) mass is 272 g/mol. The van der Waals surface area contributed by atoms with E-state index in [9.17, 15) is 4.39 Å². The first-order chi connectivity index (χ1) is 7.92. The highest BCUT2D eigenvalue weighted by molar-refractivity contribution is 8.01. The van der Waals surface area contributed by atoms with Crippen LogP contribution in [0, 0.1) is 5.82 Å². The smallest absolute Gasteiger partial charge is 0.147 e. The topological polar surface area (TPSA) is 38.4 Å². The zero-order valence-electron chi connectivity index (χ0n) is 9.71. The molecule has 0 bridgehead atoms. The van der Waals surface area contributed by atoms with Gasteiger partial charge in [0.1, 0.15) is 11.7 Å². The summed E-state index contributed by atoms with van der Waals surface area (Å²) in [4.78, 5) is 4.38. The Labute approximate surface area is 109 Å². The van der Waals surface area contributed by atoms with E-state index in [1.807, 2.05) is 13.8 Å². The van der Waals surface area contributed by atoms with Crippen LogP contribution in [0.2, 0.25) is 5.02 Å². The molecule has 2 nitrogen and oxygen atoms in total. The van der Waals surface area contributed by atoms with Gasteiger partial charge in [-0.1, -0.05) is 23.7 Å². The Morgan fingerprint density at radius 3 is 2.88 bits per heavy atom. The molecule has 0 aromatic heterocycles. The standard InChI is InChI=1S/C12H14ClFN2S/c1-12(2)11(15)16-9(6-17-12)7-4-3-5-8(13)10(7)14/h3-5,9H,6H2,1-2H3,(H2,15,16). The number of rotatable bonds is 1. The molecular weight excluding hydrogens is 259 g/mol. The summed E-state index contributed by atoms with van der Waals surface area (Å²) in [5.41, 5.74) is 6.42. The van der Waals surface area contributed by atoms with Gasteiger partial charge in [0.05, 0.1) is 15.8 Å². The summed E-state index contributed by atoms with van der Waals surface area (Å²) < 4.78 is 13.7. The molecule has 0 aliphatic carbocycles. The van der Waals surface area contributed by atoms with Crippen LogP contribution in [-0.4, -0.2) is 16.3 Å². The van der Waals surface area contributed by atoms with Gasteiger partial charge in [-0.05, 0) is 19.9 Å². The van der Waals surface area contributed by atoms with Crippen molar-refractivity contribution in [3.8, 4) is 0 Å². The molecule has 1 aromatic carbocycles. The summed E-state index contributed by atoms with van der Waals surface area (Å²) >= 11 is 7.44. The molecule has 0 fully saturated rings. The number of benzene rings is 1. The Morgan fingerprint density at radius 2 is 2.24 bits per heavy atom. The van der Waals surface area contributed by atoms with Crippen LogP contribution in [0.4, 0.5) is 4.39 Å². The fourth-order valence-corrected chi connectivity index (χ4v) is 2.87. The van der Waals surface area contributed by atoms with Crippen LogP contribution in [0.1, 0.15) is 25.5 Å². The van der Waals surface area contributed by atoms with Crippen LogP contribution in [0.3, 0.4) is 0 Å². The molecule has 0 saturated carbocycles. The Kier molecular flexibility index (Phi) is 3.36. The third-order valence-corrected chi connectivity index (χ3v) is 4.56. The fraction of sp³-hybridized carbons (Fsp3) is 0.417. The van der Waals surface area contributed by atoms with Crippen LogP contribution < -0.4 is 5.73 Å². The van der Waals surface area contributed by atoms with Crippen molar-refractivity contribution in [1.29, 1.82) is 0 Å². The van der Waals surface area contributed by atoms with Crippen LogP contribution in [0.5, 0.6) is 0 Å². The molecular formula is C12H14ClFN2S. The van der Waals surface area contributed by atoms with Gasteiger partial charge in [-0.2, -0.15) is 0 Å². The zero-order valence-corrected chi connectivity index (χ0v) is 11.3. The molecule has 1 unspecified atom stereocenters. The summed E-state index contributed by atoms with van der Waals surface area (Å²) in [5, 5.41) is 0.131. The van der Waals surface area contributed by atoms with E-state index >= 15 is 0 Å². The van der Waals surface area contributed by atoms with Crippen molar-refractivity contribution >= 4 is 29.2 Å². The zero-order chi connectivity index (χ0) is 12.6. The maximum absolute atomic E-state index is 13.9. The summed E-state index contributed by atoms with van der Waals surface area (Å²) in [7, 11) is 0. The van der Waals surface area contributed by atoms with Crippen molar-refractivity contribution < 1.29 is 4.39 Å². The van der Waals surface area contributed by atoms with Crippen molar-refractivity contribution in [2.45, 2.75) is 24.6 Å². The van der Waals surface area contributed by atoms with E-state index in [-0.39, 0.29) is 15.8 Å². The normalized spacial score (nSPS) is 23.3. The number of halogens is 2. The minimum Gasteiger partial charge on any atom is -0.386 e. The first-order valence-electron chi connectivity index (χ1n) is 5.33. The molecule has 5 heteroatoms. The summed E-state index contributed by atoms with van der Waals surface area (Å²) in [6.07, 6.45) is 0. The Bertz CT molecular complexity index is 474. The van der Waals surface area contributed by atoms with Gasteiger partial charge in [0, 0.05) is 11.3 Å². The van der Waals surface area contributed by atoms with Gasteiger partial charge in [0.15, 0.2) is 0 Å². The van der Waals surface area contributed by atoms with Crippen molar-refractivity contribution in [3.05, 3.63) is 34.6 Å². The van der Waals surface area contributed by atoms with Gasteiger partial charge in [0.2, 0.25) is 0 Å². The largest absolute Gasteiger partial charge is 0.386 e. The van der Waals surface area contributed by atoms with Crippen LogP contribution in [0.15, 0.2) is 23.2 Å². The minimum absolute atomic E-state index is 0.131. The number of nitrogens with two attached hydrogens (primary N) is 1. The highest BCUT2D eigenvalue weighted by Gasteiger charge is 2.31. The van der Waals surface area contributed by atoms with Gasteiger partial charge in [-0.3, -0.25) is 4.99 Å². The number of hydrogen-bond donors (Lipinski definition) is 1. The molecule has 0 saturated heterocycles. The Hall–Kier alpha value is -0.740. The molecule has 1 aromatic rings. The van der Waals surface area contributed by atoms with Crippen LogP contribution in [0.25, 0.3) is 0 Å². The molecule has 2 rings (SSSR count). The number of aliphatic imine (C=N–C) groups is 1. The summed E-state index contributed by atoms with van der Waals surface area (Å²) in [6.45, 7) is 4.03. The van der Waals surface area contributed by atoms with Crippen molar-refractivity contribution in [2.75, 3.05) is 5.75 Å². The third kappa shape index (κ3) is 2.43. The maximum Gasteiger partial charge on any atom is 0.147 e. The molecule has 0 spiro atoms. The van der Waals surface area contributed by atoms with Crippen LogP contribution >= 0.6 is 23.4 Å². The lowest BCUT2D eigenvalue weighted by Gasteiger charge is -2.31. The van der Waals surface area contributed by atoms with Crippen LogP contribution in [-0.2, 0) is 0 Å². The SMILES string of the molecule is CC1(C)SCC(c2cccc(Cl)c2F)N=C1N. The average molecular weight is 273 g/mol. The van der Waals surface area contributed by atoms with E-state index in [0.717, 1.165) is 0 Å². The molecule has 0 radical (unpaired) electrons. The second kappa shape index (κ2) is 4.50. The van der Waals surface area contributed by atoms with Gasteiger partial charge < -0.3 is 5.73 Å². The highest BCUT2D eigenvalue weighted by Crippen LogP contribution is 2.37. The molecule has 1 aliphatic heterocycles. The average Bonchev–Trinajstić information content (AvgIpc) is 2.26. The first kappa shape index (κ1) is 12.7. The highest BCUT2D eigenvalue weighted by atomic mass is 35.5. The molecule has 2 N–H and O–H groups in total. The number of thioether (sulfide) groups is 1. The lowest BCUT2D eigenvalue weighted by Crippen LogP contribution is -2.39. The van der Waals surface area contributed by atoms with E-state index in [4.69, 9.17) is 17.3 Å². The second-order valence-electron chi connectivity index (χ2n) is 4.49. The molecule has 1 aliphatic rings. The quantitative estimate of drug-likeness (QED) is 0.851. The van der Waals surface area contributed by atoms with Gasteiger partial charge in [-0.15, -0.1) is 11.8 Å². The summed E-state index contributed by atoms with van der Waals surface area (Å²) in [5.74, 6) is 0.875. The number of amidine groups is 1. The van der Waals surface area contributed by atoms with E-state index in [0.29, 0.717) is 17.2 Å². The minimum atomic E-state index is -0.393. The predicted octanol–water partition coefficient (Wildman–Crippen LogP) is 3.40. The molecule has 92 valence electrons. The second-order valence-corrected chi connectivity index (χ2v) is 6.54. The van der Waals surface area contributed by atoms with Gasteiger partial charge in [0.25, 0.3) is 0 Å². The number of hydrogen-bond acceptors (Lipinski definition) is 3. The molecule has 0 amide bonds. The Morgan fingerprint density at radius 1 is 1.53 bits per heavy atom. The first-order valence-corrected chi connectivity index (χ1v) is 6.70. The fourth-order valence-electron chi connectivity index (χ4n) is 1.66. The molecule has 1 heterocycles.